The number of amidine groups is 1. The van der Waals surface area contributed by atoms with Crippen LogP contribution < -0.4 is 0 Å². The van der Waals surface area contributed by atoms with Crippen LogP contribution in [0.25, 0.3) is 0 Å². The van der Waals surface area contributed by atoms with E-state index in [2.05, 4.69) is 4.99 Å². The number of allylic oxidation sites excluding steroid dienone is 1. The first-order valence-electron chi connectivity index (χ1n) is 9.21. The van der Waals surface area contributed by atoms with Crippen LogP contribution in [0.1, 0.15) is 31.0 Å². The van der Waals surface area contributed by atoms with Crippen molar-refractivity contribution in [1.82, 2.24) is 4.90 Å². The molecule has 0 aromatic heterocycles. The van der Waals surface area contributed by atoms with Crippen molar-refractivity contribution in [2.24, 2.45) is 4.99 Å². The number of hydrogen-bond donors (Lipinski definition) is 0. The third-order valence-corrected chi connectivity index (χ3v) is 5.93. The summed E-state index contributed by atoms with van der Waals surface area (Å²) in [5.41, 5.74) is 2.28. The van der Waals surface area contributed by atoms with E-state index < -0.39 is 12.0 Å². The fraction of sp³-hybridized carbons (Fsp3) is 0.227. The maximum atomic E-state index is 13.5. The Morgan fingerprint density at radius 3 is 2.55 bits per heavy atom. The van der Waals surface area contributed by atoms with E-state index >= 15 is 0 Å². The molecule has 2 aliphatic heterocycles. The summed E-state index contributed by atoms with van der Waals surface area (Å²) in [6, 6.07) is 14.5. The summed E-state index contributed by atoms with van der Waals surface area (Å²) in [6.45, 7) is 3.65. The summed E-state index contributed by atoms with van der Waals surface area (Å²) in [5.74, 6) is -1.06. The van der Waals surface area contributed by atoms with Crippen molar-refractivity contribution in [1.29, 1.82) is 0 Å². The Kier molecular flexibility index (Phi) is 5.24. The fourth-order valence-corrected chi connectivity index (χ4v) is 4.45. The summed E-state index contributed by atoms with van der Waals surface area (Å²) in [4.78, 5) is 31.9. The number of hydrogen-bond acceptors (Lipinski definition) is 5. The van der Waals surface area contributed by atoms with E-state index in [1.807, 2.05) is 30.3 Å². The molecule has 1 saturated heterocycles. The number of fused-ring (bicyclic) bond motifs is 1. The molecule has 5 nitrogen and oxygen atoms in total. The summed E-state index contributed by atoms with van der Waals surface area (Å²) in [6.07, 6.45) is 0. The maximum absolute atomic E-state index is 13.5. The third-order valence-electron chi connectivity index (χ3n) is 4.88. The molecule has 0 unspecified atom stereocenters. The van der Waals surface area contributed by atoms with Crippen LogP contribution in [0.5, 0.6) is 0 Å². The van der Waals surface area contributed by atoms with E-state index in [1.165, 1.54) is 28.8 Å². The molecule has 0 spiro atoms. The second kappa shape index (κ2) is 7.83. The highest BCUT2D eigenvalue weighted by atomic mass is 32.2. The average Bonchev–Trinajstić information content (AvgIpc) is 3.00. The van der Waals surface area contributed by atoms with Crippen LogP contribution in [-0.2, 0) is 20.9 Å². The first-order valence-corrected chi connectivity index (χ1v) is 10.1. The van der Waals surface area contributed by atoms with Gasteiger partial charge in [-0.15, -0.1) is 0 Å². The number of nitrogens with zero attached hydrogens (tertiary/aromatic N) is 2. The quantitative estimate of drug-likeness (QED) is 0.709. The van der Waals surface area contributed by atoms with Crippen molar-refractivity contribution < 1.29 is 18.7 Å². The fourth-order valence-electron chi connectivity index (χ4n) is 3.43. The van der Waals surface area contributed by atoms with Crippen LogP contribution in [0.4, 0.5) is 4.39 Å². The molecule has 0 radical (unpaired) electrons. The number of amides is 1. The number of ether oxygens (including phenoxy) is 1. The Labute approximate surface area is 172 Å². The lowest BCUT2D eigenvalue weighted by molar-refractivity contribution is -0.141. The number of esters is 1. The van der Waals surface area contributed by atoms with Gasteiger partial charge in [0.05, 0.1) is 22.6 Å². The van der Waals surface area contributed by atoms with Gasteiger partial charge in [-0.3, -0.25) is 9.69 Å². The number of carbonyl (C=O) groups excluding carboxylic acids is 2. The van der Waals surface area contributed by atoms with Crippen molar-refractivity contribution >= 4 is 28.8 Å². The van der Waals surface area contributed by atoms with Crippen LogP contribution in [0.15, 0.2) is 70.9 Å². The number of halogens is 1. The average molecular weight is 410 g/mol. The van der Waals surface area contributed by atoms with Crippen LogP contribution in [-0.4, -0.2) is 27.2 Å². The second-order valence-corrected chi connectivity index (χ2v) is 8.19. The van der Waals surface area contributed by atoms with E-state index in [-0.39, 0.29) is 23.6 Å². The predicted molar refractivity (Wildman–Crippen MR) is 109 cm³/mol. The van der Waals surface area contributed by atoms with Gasteiger partial charge in [-0.1, -0.05) is 54.2 Å². The molecule has 148 valence electrons. The molecule has 0 bridgehead atoms. The van der Waals surface area contributed by atoms with Gasteiger partial charge in [0.15, 0.2) is 5.17 Å². The van der Waals surface area contributed by atoms with Crippen molar-refractivity contribution in [3.8, 4) is 0 Å². The first kappa shape index (κ1) is 19.4. The van der Waals surface area contributed by atoms with Gasteiger partial charge in [-0.05, 0) is 37.1 Å². The predicted octanol–water partition coefficient (Wildman–Crippen LogP) is 4.22. The highest BCUT2D eigenvalue weighted by Crippen LogP contribution is 2.43. The van der Waals surface area contributed by atoms with E-state index in [0.717, 1.165) is 5.56 Å². The Bertz CT molecular complexity index is 1020. The van der Waals surface area contributed by atoms with Gasteiger partial charge < -0.3 is 4.74 Å². The van der Waals surface area contributed by atoms with Crippen LogP contribution in [0.3, 0.4) is 0 Å². The zero-order valence-corrected chi connectivity index (χ0v) is 16.8. The number of rotatable bonds is 4. The SMILES string of the molecule is CC1=C(C(=O)OCc2ccccc2)[C@H](c2ccc(F)cc2)N2C(=O)[C@H](C)SC2=N1. The van der Waals surface area contributed by atoms with Crippen LogP contribution >= 0.6 is 11.8 Å². The Morgan fingerprint density at radius 1 is 1.17 bits per heavy atom. The molecule has 7 heteroatoms. The van der Waals surface area contributed by atoms with Gasteiger partial charge >= 0.3 is 5.97 Å². The minimum atomic E-state index is -0.698. The van der Waals surface area contributed by atoms with Crippen molar-refractivity contribution in [3.05, 3.63) is 82.8 Å². The molecule has 1 amide bonds. The molecule has 2 atom stereocenters. The Morgan fingerprint density at radius 2 is 1.86 bits per heavy atom. The highest BCUT2D eigenvalue weighted by molar-refractivity contribution is 8.15. The topological polar surface area (TPSA) is 59.0 Å². The van der Waals surface area contributed by atoms with Gasteiger partial charge in [-0.25, -0.2) is 14.2 Å². The molecule has 0 aliphatic carbocycles. The summed E-state index contributed by atoms with van der Waals surface area (Å²) < 4.78 is 19.0. The lowest BCUT2D eigenvalue weighted by atomic mass is 9.94. The number of benzene rings is 2. The zero-order valence-electron chi connectivity index (χ0n) is 16.0. The first-order chi connectivity index (χ1) is 14.0. The number of carbonyl (C=O) groups is 2. The van der Waals surface area contributed by atoms with Crippen molar-refractivity contribution in [2.75, 3.05) is 0 Å². The number of thioether (sulfide) groups is 1. The molecule has 0 N–H and O–H groups in total. The highest BCUT2D eigenvalue weighted by Gasteiger charge is 2.46. The van der Waals surface area contributed by atoms with Crippen LogP contribution in [0, 0.1) is 5.82 Å². The van der Waals surface area contributed by atoms with Gasteiger partial charge in [0.1, 0.15) is 12.4 Å². The van der Waals surface area contributed by atoms with Gasteiger partial charge in [0, 0.05) is 0 Å². The molecule has 1 fully saturated rings. The third kappa shape index (κ3) is 3.70. The van der Waals surface area contributed by atoms with Gasteiger partial charge in [0.25, 0.3) is 0 Å². The lowest BCUT2D eigenvalue weighted by Crippen LogP contribution is -2.40. The van der Waals surface area contributed by atoms with Crippen molar-refractivity contribution in [3.63, 3.8) is 0 Å². The van der Waals surface area contributed by atoms with Crippen molar-refractivity contribution in [2.45, 2.75) is 31.7 Å². The van der Waals surface area contributed by atoms with Gasteiger partial charge in [-0.2, -0.15) is 0 Å². The molecule has 0 saturated carbocycles. The lowest BCUT2D eigenvalue weighted by Gasteiger charge is -2.33. The zero-order chi connectivity index (χ0) is 20.5. The molecule has 2 aliphatic rings. The van der Waals surface area contributed by atoms with E-state index in [0.29, 0.717) is 22.0 Å². The Hall–Kier alpha value is -2.93. The maximum Gasteiger partial charge on any atom is 0.338 e. The largest absolute Gasteiger partial charge is 0.457 e. The minimum absolute atomic E-state index is 0.113. The normalized spacial score (nSPS) is 21.1. The Balaban J connectivity index is 1.71. The second-order valence-electron chi connectivity index (χ2n) is 6.88. The van der Waals surface area contributed by atoms with Crippen LogP contribution in [0.2, 0.25) is 0 Å². The molecule has 2 aromatic carbocycles. The van der Waals surface area contributed by atoms with E-state index in [9.17, 15) is 14.0 Å². The molecule has 2 aromatic rings. The minimum Gasteiger partial charge on any atom is -0.457 e. The molecule has 2 heterocycles. The molecular formula is C22H19FN2O3S. The molecular weight excluding hydrogens is 391 g/mol. The van der Waals surface area contributed by atoms with Gasteiger partial charge in [0.2, 0.25) is 5.91 Å². The van der Waals surface area contributed by atoms with E-state index in [4.69, 9.17) is 4.74 Å². The molecule has 29 heavy (non-hydrogen) atoms. The molecule has 4 rings (SSSR count). The smallest absolute Gasteiger partial charge is 0.338 e. The number of aliphatic imine (C=N–C) groups is 1. The summed E-state index contributed by atoms with van der Waals surface area (Å²) in [7, 11) is 0. The standard InChI is InChI=1S/C22H19FN2O3S/c1-13-18(21(27)28-12-15-6-4-3-5-7-15)19(16-8-10-17(23)11-9-16)25-20(26)14(2)29-22(25)24-13/h3-11,14,19H,12H2,1-2H3/t14-,19-/m0/s1. The summed E-state index contributed by atoms with van der Waals surface area (Å²) in [5, 5.41) is 0.248. The van der Waals surface area contributed by atoms with E-state index in [1.54, 1.807) is 26.0 Å². The monoisotopic (exact) mass is 410 g/mol. The summed E-state index contributed by atoms with van der Waals surface area (Å²) >= 11 is 1.35.